The Balaban J connectivity index is 1.57. The number of aliphatic hydroxyl groups is 1. The van der Waals surface area contributed by atoms with Gasteiger partial charge in [-0.3, -0.25) is 4.79 Å². The molecule has 2 aromatic rings. The summed E-state index contributed by atoms with van der Waals surface area (Å²) >= 11 is 5.65. The van der Waals surface area contributed by atoms with Crippen molar-refractivity contribution in [1.82, 2.24) is 0 Å². The number of anilines is 2. The van der Waals surface area contributed by atoms with Crippen LogP contribution in [0.2, 0.25) is 5.02 Å². The summed E-state index contributed by atoms with van der Waals surface area (Å²) in [5.74, 6) is -2.29. The number of nitrogens with one attached hydrogen (secondary N) is 1. The van der Waals surface area contributed by atoms with Crippen LogP contribution in [0.3, 0.4) is 0 Å². The van der Waals surface area contributed by atoms with Crippen LogP contribution in [-0.2, 0) is 20.7 Å². The molecule has 2 aliphatic heterocycles. The Hall–Kier alpha value is -3.18. The van der Waals surface area contributed by atoms with Crippen LogP contribution in [0.15, 0.2) is 24.3 Å². The first-order valence-corrected chi connectivity index (χ1v) is 11.7. The third-order valence-corrected chi connectivity index (χ3v) is 6.48. The maximum atomic E-state index is 14.5. The Bertz CT molecular complexity index is 1180. The maximum absolute atomic E-state index is 14.5. The SMILES string of the molecule is CCOC(=O)OC1CN(c2cc(F)c(Cl)cc2F)CCC1(O)COc1ccc(F)c2c1CCC(=O)N2. The number of benzene rings is 2. The molecule has 2 aromatic carbocycles. The first-order chi connectivity index (χ1) is 17.1. The largest absolute Gasteiger partial charge is 0.508 e. The molecule has 1 fully saturated rings. The van der Waals surface area contributed by atoms with Gasteiger partial charge >= 0.3 is 6.16 Å². The number of halogens is 4. The van der Waals surface area contributed by atoms with E-state index in [1.165, 1.54) is 11.0 Å². The standard InChI is InChI=1S/C24H24ClF3N2O6/c1-2-34-23(32)36-20-11-30(18-10-16(27)14(25)9-17(18)28)8-7-24(20,33)12-35-19-5-4-15(26)22-13(19)3-6-21(31)29-22/h4-5,9-10,20,33H,2-3,6-8,11-12H2,1H3,(H,29,31). The van der Waals surface area contributed by atoms with Gasteiger partial charge in [0.1, 0.15) is 35.4 Å². The van der Waals surface area contributed by atoms with Gasteiger partial charge in [-0.25, -0.2) is 18.0 Å². The Morgan fingerprint density at radius 3 is 2.75 bits per heavy atom. The number of hydrogen-bond acceptors (Lipinski definition) is 7. The molecule has 12 heteroatoms. The highest BCUT2D eigenvalue weighted by atomic mass is 35.5. The molecule has 2 atom stereocenters. The van der Waals surface area contributed by atoms with E-state index in [-0.39, 0.29) is 73.6 Å². The molecular weight excluding hydrogens is 505 g/mol. The summed E-state index contributed by atoms with van der Waals surface area (Å²) in [7, 11) is 0. The molecule has 4 rings (SSSR count). The molecule has 194 valence electrons. The van der Waals surface area contributed by atoms with Gasteiger partial charge in [-0.1, -0.05) is 11.6 Å². The lowest BCUT2D eigenvalue weighted by Gasteiger charge is -2.44. The smallest absolute Gasteiger partial charge is 0.490 e. The van der Waals surface area contributed by atoms with Gasteiger partial charge in [0.25, 0.3) is 0 Å². The molecule has 2 heterocycles. The minimum atomic E-state index is -1.75. The highest BCUT2D eigenvalue weighted by molar-refractivity contribution is 6.30. The topological polar surface area (TPSA) is 97.3 Å². The lowest BCUT2D eigenvalue weighted by molar-refractivity contribution is -0.122. The summed E-state index contributed by atoms with van der Waals surface area (Å²) in [6.07, 6.45) is -1.97. The van der Waals surface area contributed by atoms with Gasteiger partial charge in [0.05, 0.1) is 29.5 Å². The molecule has 0 aliphatic carbocycles. The molecule has 8 nitrogen and oxygen atoms in total. The molecular formula is C24H24ClF3N2O6. The monoisotopic (exact) mass is 528 g/mol. The third kappa shape index (κ3) is 5.31. The van der Waals surface area contributed by atoms with Gasteiger partial charge in [0.15, 0.2) is 6.10 Å². The van der Waals surface area contributed by atoms with E-state index in [2.05, 4.69) is 5.32 Å². The molecule has 0 bridgehead atoms. The zero-order valence-electron chi connectivity index (χ0n) is 19.3. The van der Waals surface area contributed by atoms with Gasteiger partial charge < -0.3 is 29.5 Å². The third-order valence-electron chi connectivity index (χ3n) is 6.19. The summed E-state index contributed by atoms with van der Waals surface area (Å²) in [5.41, 5.74) is -1.40. The first-order valence-electron chi connectivity index (χ1n) is 11.3. The van der Waals surface area contributed by atoms with E-state index >= 15 is 0 Å². The zero-order chi connectivity index (χ0) is 26.0. The van der Waals surface area contributed by atoms with Gasteiger partial charge in [-0.15, -0.1) is 0 Å². The summed E-state index contributed by atoms with van der Waals surface area (Å²) < 4.78 is 58.8. The quantitative estimate of drug-likeness (QED) is 0.428. The van der Waals surface area contributed by atoms with E-state index in [4.69, 9.17) is 25.8 Å². The fourth-order valence-corrected chi connectivity index (χ4v) is 4.42. The lowest BCUT2D eigenvalue weighted by Crippen LogP contribution is -2.60. The van der Waals surface area contributed by atoms with Crippen molar-refractivity contribution in [2.45, 2.75) is 37.9 Å². The van der Waals surface area contributed by atoms with Crippen LogP contribution in [0.1, 0.15) is 25.3 Å². The number of amides is 1. The second-order valence-corrected chi connectivity index (χ2v) is 8.95. The van der Waals surface area contributed by atoms with E-state index < -0.39 is 35.3 Å². The summed E-state index contributed by atoms with van der Waals surface area (Å²) in [5, 5.41) is 13.5. The van der Waals surface area contributed by atoms with Crippen molar-refractivity contribution in [3.05, 3.63) is 52.3 Å². The minimum absolute atomic E-state index is 0.0186. The van der Waals surface area contributed by atoms with Gasteiger partial charge in [0, 0.05) is 31.0 Å². The van der Waals surface area contributed by atoms with E-state index in [9.17, 15) is 27.9 Å². The molecule has 0 radical (unpaired) electrons. The number of fused-ring (bicyclic) bond motifs is 1. The molecule has 1 amide bonds. The Labute approximate surface area is 209 Å². The predicted molar refractivity (Wildman–Crippen MR) is 124 cm³/mol. The molecule has 0 saturated carbocycles. The molecule has 0 spiro atoms. The van der Waals surface area contributed by atoms with E-state index in [1.54, 1.807) is 6.92 Å². The van der Waals surface area contributed by atoms with Crippen molar-refractivity contribution in [2.75, 3.05) is 36.5 Å². The number of hydrogen-bond donors (Lipinski definition) is 2. The second kappa shape index (κ2) is 10.4. The average Bonchev–Trinajstić information content (AvgIpc) is 2.83. The van der Waals surface area contributed by atoms with Gasteiger partial charge in [0.2, 0.25) is 5.91 Å². The molecule has 36 heavy (non-hydrogen) atoms. The number of rotatable bonds is 6. The molecule has 2 aliphatic rings. The normalized spacial score (nSPS) is 21.4. The van der Waals surface area contributed by atoms with Crippen molar-refractivity contribution >= 4 is 35.0 Å². The van der Waals surface area contributed by atoms with Gasteiger partial charge in [-0.05, 0) is 31.5 Å². The van der Waals surface area contributed by atoms with Crippen LogP contribution in [0, 0.1) is 17.5 Å². The van der Waals surface area contributed by atoms with E-state index in [0.717, 1.165) is 18.2 Å². The van der Waals surface area contributed by atoms with E-state index in [0.29, 0.717) is 5.56 Å². The maximum Gasteiger partial charge on any atom is 0.508 e. The fourth-order valence-electron chi connectivity index (χ4n) is 4.27. The lowest BCUT2D eigenvalue weighted by atomic mass is 9.88. The fraction of sp³-hybridized carbons (Fsp3) is 0.417. The second-order valence-electron chi connectivity index (χ2n) is 8.54. The van der Waals surface area contributed by atoms with Crippen molar-refractivity contribution in [3.63, 3.8) is 0 Å². The highest BCUT2D eigenvalue weighted by Crippen LogP contribution is 2.36. The molecule has 0 aromatic heterocycles. The van der Waals surface area contributed by atoms with Crippen molar-refractivity contribution in [3.8, 4) is 5.75 Å². The predicted octanol–water partition coefficient (Wildman–Crippen LogP) is 4.20. The number of carbonyl (C=O) groups excluding carboxylic acids is 2. The van der Waals surface area contributed by atoms with Crippen molar-refractivity contribution in [2.24, 2.45) is 0 Å². The number of ether oxygens (including phenoxy) is 3. The average molecular weight is 529 g/mol. The van der Waals surface area contributed by atoms with Crippen LogP contribution < -0.4 is 15.0 Å². The zero-order valence-corrected chi connectivity index (χ0v) is 20.0. The van der Waals surface area contributed by atoms with Crippen molar-refractivity contribution in [1.29, 1.82) is 0 Å². The van der Waals surface area contributed by atoms with Gasteiger partial charge in [-0.2, -0.15) is 0 Å². The Morgan fingerprint density at radius 2 is 2.00 bits per heavy atom. The van der Waals surface area contributed by atoms with Crippen molar-refractivity contribution < 1.29 is 42.1 Å². The van der Waals surface area contributed by atoms with Crippen LogP contribution in [-0.4, -0.2) is 55.2 Å². The summed E-state index contributed by atoms with van der Waals surface area (Å²) in [4.78, 5) is 25.2. The van der Waals surface area contributed by atoms with Crippen LogP contribution in [0.5, 0.6) is 5.75 Å². The van der Waals surface area contributed by atoms with Crippen LogP contribution in [0.25, 0.3) is 0 Å². The molecule has 1 saturated heterocycles. The minimum Gasteiger partial charge on any atom is -0.490 e. The van der Waals surface area contributed by atoms with Crippen LogP contribution in [0.4, 0.5) is 29.3 Å². The molecule has 2 N–H and O–H groups in total. The highest BCUT2D eigenvalue weighted by Gasteiger charge is 2.46. The van der Waals surface area contributed by atoms with Crippen LogP contribution >= 0.6 is 11.6 Å². The Morgan fingerprint density at radius 1 is 1.22 bits per heavy atom. The number of nitrogens with zero attached hydrogens (tertiary/aromatic N) is 1. The summed E-state index contributed by atoms with van der Waals surface area (Å²) in [6, 6.07) is 4.29. The number of carbonyl (C=O) groups is 2. The van der Waals surface area contributed by atoms with E-state index in [1.807, 2.05) is 0 Å². The number of piperidine rings is 1. The summed E-state index contributed by atoms with van der Waals surface area (Å²) in [6.45, 7) is 1.10. The first kappa shape index (κ1) is 25.9. The molecule has 2 unspecified atom stereocenters. The Kier molecular flexibility index (Phi) is 7.51.